The van der Waals surface area contributed by atoms with E-state index in [1.54, 1.807) is 0 Å². The highest BCUT2D eigenvalue weighted by Crippen LogP contribution is 2.33. The van der Waals surface area contributed by atoms with E-state index in [0.717, 1.165) is 6.42 Å². The first-order chi connectivity index (χ1) is 8.85. The molecule has 5 atom stereocenters. The van der Waals surface area contributed by atoms with Gasteiger partial charge in [0.15, 0.2) is 0 Å². The number of aliphatic hydroxyl groups excluding tert-OH is 3. The predicted molar refractivity (Wildman–Crippen MR) is 72.4 cm³/mol. The predicted octanol–water partition coefficient (Wildman–Crippen LogP) is 0.277. The zero-order valence-electron chi connectivity index (χ0n) is 12.0. The number of carbonyl (C=O) groups is 1. The smallest absolute Gasteiger partial charge is 0.217 e. The zero-order valence-corrected chi connectivity index (χ0v) is 12.0. The highest BCUT2D eigenvalue weighted by Gasteiger charge is 2.39. The quantitative estimate of drug-likeness (QED) is 0.554. The second-order valence-corrected chi connectivity index (χ2v) is 6.16. The van der Waals surface area contributed by atoms with Crippen molar-refractivity contribution < 1.29 is 20.1 Å². The lowest BCUT2D eigenvalue weighted by atomic mass is 9.80. The van der Waals surface area contributed by atoms with Crippen molar-refractivity contribution >= 4 is 5.91 Å². The number of nitrogens with one attached hydrogen (secondary N) is 1. The van der Waals surface area contributed by atoms with E-state index in [9.17, 15) is 20.1 Å². The summed E-state index contributed by atoms with van der Waals surface area (Å²) in [4.78, 5) is 11.2. The molecule has 112 valence electrons. The summed E-state index contributed by atoms with van der Waals surface area (Å²) in [5.74, 6) is -0.0333. The topological polar surface area (TPSA) is 89.8 Å². The number of aliphatic hydroxyl groups is 3. The molecule has 0 saturated heterocycles. The number of rotatable bonds is 4. The molecule has 1 saturated carbocycles. The molecule has 1 aliphatic rings. The van der Waals surface area contributed by atoms with E-state index in [2.05, 4.69) is 19.2 Å². The molecule has 1 fully saturated rings. The summed E-state index contributed by atoms with van der Waals surface area (Å²) < 4.78 is 0. The summed E-state index contributed by atoms with van der Waals surface area (Å²) >= 11 is 0. The van der Waals surface area contributed by atoms with Crippen LogP contribution in [0.3, 0.4) is 0 Å². The summed E-state index contributed by atoms with van der Waals surface area (Å²) in [6, 6.07) is -0.437. The van der Waals surface area contributed by atoms with Gasteiger partial charge in [0.25, 0.3) is 0 Å². The Hall–Kier alpha value is -0.650. The minimum atomic E-state index is -0.722. The van der Waals surface area contributed by atoms with Gasteiger partial charge in [-0.15, -0.1) is 0 Å². The molecule has 19 heavy (non-hydrogen) atoms. The van der Waals surface area contributed by atoms with Gasteiger partial charge in [-0.2, -0.15) is 0 Å². The van der Waals surface area contributed by atoms with Crippen LogP contribution in [-0.2, 0) is 4.79 Å². The second kappa shape index (κ2) is 7.22. The molecule has 0 aromatic rings. The summed E-state index contributed by atoms with van der Waals surface area (Å²) in [6.07, 6.45) is 0.267. The van der Waals surface area contributed by atoms with Crippen LogP contribution in [0.2, 0.25) is 0 Å². The Balaban J connectivity index is 2.89. The van der Waals surface area contributed by atoms with Crippen molar-refractivity contribution in [2.24, 2.45) is 17.8 Å². The molecule has 0 aliphatic heterocycles. The first kappa shape index (κ1) is 16.4. The summed E-state index contributed by atoms with van der Waals surface area (Å²) in [7, 11) is 0. The Bertz CT molecular complexity index is 295. The highest BCUT2D eigenvalue weighted by molar-refractivity contribution is 5.73. The molecule has 0 aromatic heterocycles. The molecule has 5 nitrogen and oxygen atoms in total. The van der Waals surface area contributed by atoms with Crippen molar-refractivity contribution in [1.29, 1.82) is 0 Å². The molecule has 1 amide bonds. The van der Waals surface area contributed by atoms with Crippen LogP contribution < -0.4 is 5.32 Å². The maximum Gasteiger partial charge on any atom is 0.217 e. The van der Waals surface area contributed by atoms with Crippen LogP contribution in [0.1, 0.15) is 40.0 Å². The minimum absolute atomic E-state index is 0.0434. The van der Waals surface area contributed by atoms with Crippen LogP contribution in [0.25, 0.3) is 0 Å². The van der Waals surface area contributed by atoms with Gasteiger partial charge in [0, 0.05) is 13.5 Å². The van der Waals surface area contributed by atoms with Gasteiger partial charge in [-0.1, -0.05) is 13.8 Å². The third-order valence-electron chi connectivity index (χ3n) is 3.92. The number of amides is 1. The lowest BCUT2D eigenvalue weighted by Crippen LogP contribution is -2.47. The average molecular weight is 273 g/mol. The van der Waals surface area contributed by atoms with E-state index in [-0.39, 0.29) is 24.3 Å². The molecule has 0 spiro atoms. The Morgan fingerprint density at radius 1 is 1.32 bits per heavy atom. The fourth-order valence-corrected chi connectivity index (χ4v) is 3.12. The fraction of sp³-hybridized carbons (Fsp3) is 0.929. The van der Waals surface area contributed by atoms with Gasteiger partial charge in [-0.05, 0) is 37.0 Å². The lowest BCUT2D eigenvalue weighted by molar-refractivity contribution is -0.121. The normalized spacial score (nSPS) is 36.1. The van der Waals surface area contributed by atoms with Crippen molar-refractivity contribution in [2.45, 2.75) is 58.3 Å². The molecule has 0 heterocycles. The van der Waals surface area contributed by atoms with Gasteiger partial charge >= 0.3 is 0 Å². The molecular formula is C14H27NO4. The Morgan fingerprint density at radius 2 is 1.95 bits per heavy atom. The molecule has 4 N–H and O–H groups in total. The van der Waals surface area contributed by atoms with Gasteiger partial charge in [0.2, 0.25) is 5.91 Å². The summed E-state index contributed by atoms with van der Waals surface area (Å²) in [5.41, 5.74) is 0. The summed E-state index contributed by atoms with van der Waals surface area (Å²) in [6.45, 7) is 5.50. The van der Waals surface area contributed by atoms with Gasteiger partial charge in [0.05, 0.1) is 18.2 Å². The number of carbonyl (C=O) groups excluding carboxylic acids is 1. The van der Waals surface area contributed by atoms with Gasteiger partial charge in [-0.3, -0.25) is 4.79 Å². The van der Waals surface area contributed by atoms with Crippen LogP contribution >= 0.6 is 0 Å². The van der Waals surface area contributed by atoms with Crippen LogP contribution in [0.15, 0.2) is 0 Å². The van der Waals surface area contributed by atoms with E-state index in [1.165, 1.54) is 6.92 Å². The van der Waals surface area contributed by atoms with E-state index in [4.69, 9.17) is 0 Å². The number of hydrogen-bond donors (Lipinski definition) is 4. The van der Waals surface area contributed by atoms with E-state index in [0.29, 0.717) is 18.8 Å². The number of hydrogen-bond acceptors (Lipinski definition) is 4. The third-order valence-corrected chi connectivity index (χ3v) is 3.92. The van der Waals surface area contributed by atoms with Gasteiger partial charge in [0.1, 0.15) is 0 Å². The third kappa shape index (κ3) is 4.75. The van der Waals surface area contributed by atoms with Crippen LogP contribution in [0.5, 0.6) is 0 Å². The molecule has 1 aliphatic carbocycles. The van der Waals surface area contributed by atoms with E-state index >= 15 is 0 Å². The van der Waals surface area contributed by atoms with Crippen LogP contribution in [0.4, 0.5) is 0 Å². The molecule has 0 aromatic carbocycles. The monoisotopic (exact) mass is 273 g/mol. The van der Waals surface area contributed by atoms with Crippen molar-refractivity contribution in [1.82, 2.24) is 5.32 Å². The maximum atomic E-state index is 11.2. The van der Waals surface area contributed by atoms with Crippen molar-refractivity contribution in [3.05, 3.63) is 0 Å². The molecule has 5 heteroatoms. The second-order valence-electron chi connectivity index (χ2n) is 6.16. The van der Waals surface area contributed by atoms with Crippen molar-refractivity contribution in [3.63, 3.8) is 0 Å². The maximum absolute atomic E-state index is 11.2. The molecule has 0 radical (unpaired) electrons. The summed E-state index contributed by atoms with van der Waals surface area (Å²) in [5, 5.41) is 32.7. The van der Waals surface area contributed by atoms with Crippen LogP contribution in [-0.4, -0.2) is 46.1 Å². The Morgan fingerprint density at radius 3 is 2.42 bits per heavy atom. The van der Waals surface area contributed by atoms with E-state index < -0.39 is 18.2 Å². The molecule has 1 rings (SSSR count). The average Bonchev–Trinajstić information content (AvgIpc) is 2.39. The van der Waals surface area contributed by atoms with Crippen LogP contribution in [0, 0.1) is 17.8 Å². The zero-order chi connectivity index (χ0) is 14.6. The lowest BCUT2D eigenvalue weighted by Gasteiger charge is -2.32. The molecule has 4 unspecified atom stereocenters. The van der Waals surface area contributed by atoms with Crippen molar-refractivity contribution in [2.75, 3.05) is 6.61 Å². The first-order valence-corrected chi connectivity index (χ1v) is 7.09. The minimum Gasteiger partial charge on any atom is -0.396 e. The fourth-order valence-electron chi connectivity index (χ4n) is 3.12. The van der Waals surface area contributed by atoms with Gasteiger partial charge in [-0.25, -0.2) is 0 Å². The first-order valence-electron chi connectivity index (χ1n) is 7.09. The molecular weight excluding hydrogens is 246 g/mol. The van der Waals surface area contributed by atoms with E-state index in [1.807, 2.05) is 0 Å². The van der Waals surface area contributed by atoms with Crippen molar-refractivity contribution in [3.8, 4) is 0 Å². The standard InChI is InChI=1S/C14H27NO4/c1-8(2)4-12-10(7-16)5-11(18)6-13(14(12)19)15-9(3)17/h8,10-14,16,18-19H,4-7H2,1-3H3,(H,15,17)/t10?,11?,12?,13-,14?/m1/s1. The highest BCUT2D eigenvalue weighted by atomic mass is 16.3. The largest absolute Gasteiger partial charge is 0.396 e. The SMILES string of the molecule is CC(=O)N[C@@H]1CC(O)CC(CO)C(CC(C)C)C1O. The molecule has 0 bridgehead atoms. The Labute approximate surface area is 115 Å². The Kier molecular flexibility index (Phi) is 6.23. The van der Waals surface area contributed by atoms with Gasteiger partial charge < -0.3 is 20.6 Å².